The molecule has 3 fully saturated rings. The topological polar surface area (TPSA) is 47.4 Å². The lowest BCUT2D eigenvalue weighted by atomic mass is 9.66. The van der Waals surface area contributed by atoms with Crippen molar-refractivity contribution in [2.24, 2.45) is 11.3 Å². The molecule has 1 aliphatic carbocycles. The fourth-order valence-electron chi connectivity index (χ4n) is 4.82. The first-order valence-electron chi connectivity index (χ1n) is 9.08. The number of rotatable bonds is 2. The summed E-state index contributed by atoms with van der Waals surface area (Å²) in [5.74, 6) is 1.21. The predicted octanol–water partition coefficient (Wildman–Crippen LogP) is 3.27. The number of hydrogen-bond acceptors (Lipinski definition) is 3. The van der Waals surface area contributed by atoms with Crippen molar-refractivity contribution in [3.63, 3.8) is 0 Å². The van der Waals surface area contributed by atoms with E-state index in [9.17, 15) is 4.79 Å². The monoisotopic (exact) mass is 305 g/mol. The van der Waals surface area contributed by atoms with Crippen LogP contribution < -0.4 is 0 Å². The van der Waals surface area contributed by atoms with Crippen molar-refractivity contribution in [3.8, 4) is 0 Å². The van der Waals surface area contributed by atoms with Gasteiger partial charge in [-0.05, 0) is 43.6 Å². The second-order valence-electron chi connectivity index (χ2n) is 8.03. The maximum atomic E-state index is 12.2. The minimum absolute atomic E-state index is 0.00594. The molecule has 0 spiro atoms. The maximum absolute atomic E-state index is 12.2. The highest BCUT2D eigenvalue weighted by Crippen LogP contribution is 2.44. The zero-order valence-corrected chi connectivity index (χ0v) is 14.2. The Kier molecular flexibility index (Phi) is 4.58. The molecule has 0 aromatic carbocycles. The van der Waals surface area contributed by atoms with Gasteiger partial charge in [-0.1, -0.05) is 26.2 Å². The molecule has 0 aromatic heterocycles. The Hall–Kier alpha value is -0.900. The van der Waals surface area contributed by atoms with Crippen molar-refractivity contribution in [1.82, 2.24) is 9.80 Å². The molecule has 124 valence electrons. The summed E-state index contributed by atoms with van der Waals surface area (Å²) in [4.78, 5) is 16.5. The average molecular weight is 305 g/mol. The van der Waals surface area contributed by atoms with Gasteiger partial charge in [0.2, 0.25) is 5.91 Å². The van der Waals surface area contributed by atoms with E-state index in [4.69, 9.17) is 5.41 Å². The molecule has 0 aromatic rings. The third kappa shape index (κ3) is 3.08. The Morgan fingerprint density at radius 3 is 2.50 bits per heavy atom. The van der Waals surface area contributed by atoms with Crippen LogP contribution in [0, 0.1) is 16.7 Å². The smallest absolute Gasteiger partial charge is 0.228 e. The van der Waals surface area contributed by atoms with E-state index < -0.39 is 0 Å². The number of piperidine rings is 2. The van der Waals surface area contributed by atoms with E-state index in [0.717, 1.165) is 19.0 Å². The number of carbonyl (C=O) groups excluding carboxylic acids is 1. The average Bonchev–Trinajstić information content (AvgIpc) is 2.53. The molecule has 3 aliphatic rings. The Bertz CT molecular complexity index is 424. The van der Waals surface area contributed by atoms with E-state index in [1.807, 2.05) is 0 Å². The van der Waals surface area contributed by atoms with Gasteiger partial charge in [-0.2, -0.15) is 0 Å². The van der Waals surface area contributed by atoms with E-state index >= 15 is 0 Å². The van der Waals surface area contributed by atoms with Crippen LogP contribution in [0.5, 0.6) is 0 Å². The molecule has 2 aliphatic heterocycles. The Morgan fingerprint density at radius 1 is 1.09 bits per heavy atom. The zero-order valence-electron chi connectivity index (χ0n) is 14.2. The van der Waals surface area contributed by atoms with Gasteiger partial charge >= 0.3 is 0 Å². The van der Waals surface area contributed by atoms with Crippen molar-refractivity contribution in [3.05, 3.63) is 0 Å². The summed E-state index contributed by atoms with van der Waals surface area (Å²) in [6, 6.07) is 0.779. The standard InChI is InChI=1S/C18H31N3O/c1-18(11-16(19)20(2)17(22)12-18)14-7-6-10-21(13-14)15-8-4-3-5-9-15/h14-15,19H,3-13H2,1-2H3/t14?,18-/m0/s1. The van der Waals surface area contributed by atoms with Gasteiger partial charge < -0.3 is 9.80 Å². The number of amides is 1. The van der Waals surface area contributed by atoms with E-state index in [2.05, 4.69) is 11.8 Å². The molecule has 0 radical (unpaired) electrons. The molecule has 1 N–H and O–H groups in total. The molecule has 3 rings (SSSR count). The molecule has 2 saturated heterocycles. The van der Waals surface area contributed by atoms with E-state index in [-0.39, 0.29) is 11.3 Å². The number of carbonyl (C=O) groups is 1. The number of likely N-dealkylation sites (tertiary alicyclic amines) is 2. The minimum Gasteiger partial charge on any atom is -0.304 e. The lowest BCUT2D eigenvalue weighted by Gasteiger charge is -2.48. The van der Waals surface area contributed by atoms with Gasteiger partial charge in [0.25, 0.3) is 0 Å². The molecule has 1 saturated carbocycles. The summed E-state index contributed by atoms with van der Waals surface area (Å²) in [6.45, 7) is 4.63. The molecular formula is C18H31N3O. The third-order valence-electron chi connectivity index (χ3n) is 6.43. The molecular weight excluding hydrogens is 274 g/mol. The van der Waals surface area contributed by atoms with Crippen LogP contribution >= 0.6 is 0 Å². The van der Waals surface area contributed by atoms with Gasteiger partial charge in [0.05, 0.1) is 0 Å². The number of hydrogen-bond donors (Lipinski definition) is 1. The van der Waals surface area contributed by atoms with E-state index in [1.165, 1.54) is 51.5 Å². The number of amidine groups is 1. The van der Waals surface area contributed by atoms with Crippen molar-refractivity contribution >= 4 is 11.7 Å². The van der Waals surface area contributed by atoms with Crippen LogP contribution in [-0.2, 0) is 4.79 Å². The van der Waals surface area contributed by atoms with Crippen LogP contribution in [0.3, 0.4) is 0 Å². The van der Waals surface area contributed by atoms with Crippen LogP contribution in [0.4, 0.5) is 0 Å². The van der Waals surface area contributed by atoms with Crippen molar-refractivity contribution < 1.29 is 4.79 Å². The second-order valence-corrected chi connectivity index (χ2v) is 8.03. The molecule has 4 heteroatoms. The first-order chi connectivity index (χ1) is 10.5. The fraction of sp³-hybridized carbons (Fsp3) is 0.889. The molecule has 2 atom stereocenters. The molecule has 2 heterocycles. The SMILES string of the molecule is CN1C(=N)C[C@](C)(C2CCCN(C3CCCCC3)C2)CC1=O. The van der Waals surface area contributed by atoms with Gasteiger partial charge in [-0.25, -0.2) is 0 Å². The van der Waals surface area contributed by atoms with Gasteiger partial charge in [0, 0.05) is 32.5 Å². The van der Waals surface area contributed by atoms with Crippen LogP contribution in [0.25, 0.3) is 0 Å². The van der Waals surface area contributed by atoms with Crippen molar-refractivity contribution in [2.75, 3.05) is 20.1 Å². The van der Waals surface area contributed by atoms with Crippen molar-refractivity contribution in [2.45, 2.75) is 70.8 Å². The van der Waals surface area contributed by atoms with Crippen LogP contribution in [-0.4, -0.2) is 47.7 Å². The second kappa shape index (κ2) is 6.31. The summed E-state index contributed by atoms with van der Waals surface area (Å²) < 4.78 is 0. The minimum atomic E-state index is -0.00594. The summed E-state index contributed by atoms with van der Waals surface area (Å²) in [5, 5.41) is 8.14. The first-order valence-corrected chi connectivity index (χ1v) is 9.08. The molecule has 1 unspecified atom stereocenters. The van der Waals surface area contributed by atoms with Gasteiger partial charge in [0.1, 0.15) is 5.84 Å². The Labute approximate surface area is 134 Å². The molecule has 1 amide bonds. The lowest BCUT2D eigenvalue weighted by Crippen LogP contribution is -2.52. The van der Waals surface area contributed by atoms with Crippen LogP contribution in [0.1, 0.15) is 64.7 Å². The normalized spacial score (nSPS) is 35.9. The predicted molar refractivity (Wildman–Crippen MR) is 89.0 cm³/mol. The van der Waals surface area contributed by atoms with Crippen molar-refractivity contribution in [1.29, 1.82) is 5.41 Å². The molecule has 4 nitrogen and oxygen atoms in total. The highest BCUT2D eigenvalue weighted by molar-refractivity contribution is 5.99. The Morgan fingerprint density at radius 2 is 1.82 bits per heavy atom. The summed E-state index contributed by atoms with van der Waals surface area (Å²) in [7, 11) is 1.75. The summed E-state index contributed by atoms with van der Waals surface area (Å²) in [5.41, 5.74) is -0.00594. The fourth-order valence-corrected chi connectivity index (χ4v) is 4.82. The maximum Gasteiger partial charge on any atom is 0.228 e. The third-order valence-corrected chi connectivity index (χ3v) is 6.43. The zero-order chi connectivity index (χ0) is 15.7. The number of nitrogens with one attached hydrogen (secondary N) is 1. The lowest BCUT2D eigenvalue weighted by molar-refractivity contribution is -0.132. The van der Waals surface area contributed by atoms with Gasteiger partial charge in [-0.15, -0.1) is 0 Å². The molecule has 0 bridgehead atoms. The largest absolute Gasteiger partial charge is 0.304 e. The summed E-state index contributed by atoms with van der Waals surface area (Å²) in [6.07, 6.45) is 10.8. The molecule has 22 heavy (non-hydrogen) atoms. The number of nitrogens with zero attached hydrogens (tertiary/aromatic N) is 2. The van der Waals surface area contributed by atoms with Gasteiger partial charge in [-0.3, -0.25) is 10.2 Å². The highest BCUT2D eigenvalue weighted by Gasteiger charge is 2.44. The van der Waals surface area contributed by atoms with Crippen LogP contribution in [0.15, 0.2) is 0 Å². The summed E-state index contributed by atoms with van der Waals surface area (Å²) >= 11 is 0. The van der Waals surface area contributed by atoms with Crippen LogP contribution in [0.2, 0.25) is 0 Å². The quantitative estimate of drug-likeness (QED) is 0.851. The first kappa shape index (κ1) is 16.0. The van der Waals surface area contributed by atoms with E-state index in [0.29, 0.717) is 18.2 Å². The Balaban J connectivity index is 1.68. The van der Waals surface area contributed by atoms with Gasteiger partial charge in [0.15, 0.2) is 0 Å². The highest BCUT2D eigenvalue weighted by atomic mass is 16.2. The van der Waals surface area contributed by atoms with E-state index in [1.54, 1.807) is 11.9 Å².